The highest BCUT2D eigenvalue weighted by Crippen LogP contribution is 2.30. The Morgan fingerprint density at radius 2 is 2.06 bits per heavy atom. The van der Waals surface area contributed by atoms with Crippen molar-refractivity contribution in [3.63, 3.8) is 0 Å². The second kappa shape index (κ2) is 4.69. The Kier molecular flexibility index (Phi) is 3.47. The molecule has 16 heavy (non-hydrogen) atoms. The number of rotatable bonds is 3. The van der Waals surface area contributed by atoms with Gasteiger partial charge in [-0.15, -0.1) is 0 Å². The van der Waals surface area contributed by atoms with Gasteiger partial charge in [-0.2, -0.15) is 0 Å². The molecule has 5 nitrogen and oxygen atoms in total. The first kappa shape index (κ1) is 11.8. The van der Waals surface area contributed by atoms with E-state index in [2.05, 4.69) is 16.8 Å². The third kappa shape index (κ3) is 2.36. The largest absolute Gasteiger partial charge is 0.481 e. The summed E-state index contributed by atoms with van der Waals surface area (Å²) in [7, 11) is 2.10. The number of carbonyl (C=O) groups is 1. The zero-order chi connectivity index (χ0) is 11.6. The van der Waals surface area contributed by atoms with E-state index in [1.165, 1.54) is 0 Å². The van der Waals surface area contributed by atoms with Crippen LogP contribution in [0, 0.1) is 0 Å². The summed E-state index contributed by atoms with van der Waals surface area (Å²) >= 11 is 0. The number of nitrogens with zero attached hydrogens (tertiary/aromatic N) is 2. The van der Waals surface area contributed by atoms with Crippen LogP contribution in [0.5, 0.6) is 0 Å². The van der Waals surface area contributed by atoms with E-state index in [-0.39, 0.29) is 12.0 Å². The summed E-state index contributed by atoms with van der Waals surface area (Å²) in [5, 5.41) is 9.03. The van der Waals surface area contributed by atoms with Gasteiger partial charge >= 0.3 is 5.97 Å². The van der Waals surface area contributed by atoms with Crippen LogP contribution in [0.2, 0.25) is 0 Å². The Morgan fingerprint density at radius 3 is 2.56 bits per heavy atom. The van der Waals surface area contributed by atoms with Crippen LogP contribution in [-0.2, 0) is 9.53 Å². The van der Waals surface area contributed by atoms with Gasteiger partial charge in [-0.3, -0.25) is 9.69 Å². The number of hydrogen-bond acceptors (Lipinski definition) is 4. The van der Waals surface area contributed by atoms with Gasteiger partial charge < -0.3 is 14.7 Å². The van der Waals surface area contributed by atoms with E-state index in [9.17, 15) is 4.79 Å². The molecule has 0 bridgehead atoms. The molecule has 0 aromatic carbocycles. The molecule has 5 heteroatoms. The lowest BCUT2D eigenvalue weighted by atomic mass is 9.91. The summed E-state index contributed by atoms with van der Waals surface area (Å²) in [5.41, 5.74) is -0.243. The Hall–Kier alpha value is -0.650. The quantitative estimate of drug-likeness (QED) is 0.729. The lowest BCUT2D eigenvalue weighted by Crippen LogP contribution is -2.57. The minimum Gasteiger partial charge on any atom is -0.481 e. The third-order valence-corrected chi connectivity index (χ3v) is 3.74. The summed E-state index contributed by atoms with van der Waals surface area (Å²) in [4.78, 5) is 15.6. The minimum atomic E-state index is -0.718. The Bertz CT molecular complexity index is 256. The molecule has 0 aliphatic carbocycles. The fourth-order valence-corrected chi connectivity index (χ4v) is 2.66. The minimum absolute atomic E-state index is 0.205. The summed E-state index contributed by atoms with van der Waals surface area (Å²) in [5.74, 6) is -0.718. The second-order valence-electron chi connectivity index (χ2n) is 4.89. The number of aliphatic carboxylic acids is 1. The number of ether oxygens (including phenoxy) is 1. The topological polar surface area (TPSA) is 53.0 Å². The summed E-state index contributed by atoms with van der Waals surface area (Å²) < 4.78 is 5.42. The maximum Gasteiger partial charge on any atom is 0.305 e. The van der Waals surface area contributed by atoms with Crippen LogP contribution in [0.4, 0.5) is 0 Å². The molecule has 0 saturated carbocycles. The predicted octanol–water partition coefficient (Wildman–Crippen LogP) is -0.132. The molecule has 1 unspecified atom stereocenters. The van der Waals surface area contributed by atoms with Crippen molar-refractivity contribution < 1.29 is 14.6 Å². The van der Waals surface area contributed by atoms with Gasteiger partial charge in [0.1, 0.15) is 0 Å². The van der Waals surface area contributed by atoms with E-state index in [0.717, 1.165) is 32.6 Å². The van der Waals surface area contributed by atoms with Crippen molar-refractivity contribution in [1.29, 1.82) is 0 Å². The normalized spacial score (nSPS) is 33.1. The van der Waals surface area contributed by atoms with Crippen LogP contribution in [-0.4, -0.2) is 72.9 Å². The van der Waals surface area contributed by atoms with Crippen molar-refractivity contribution >= 4 is 5.97 Å². The molecule has 2 saturated heterocycles. The van der Waals surface area contributed by atoms with Gasteiger partial charge in [0.25, 0.3) is 0 Å². The van der Waals surface area contributed by atoms with Crippen molar-refractivity contribution in [1.82, 2.24) is 9.80 Å². The Morgan fingerprint density at radius 1 is 1.38 bits per heavy atom. The highest BCUT2D eigenvalue weighted by Gasteiger charge is 2.43. The maximum absolute atomic E-state index is 11.0. The molecule has 0 aromatic rings. The average molecular weight is 228 g/mol. The number of carboxylic acids is 1. The van der Waals surface area contributed by atoms with E-state index in [0.29, 0.717) is 13.2 Å². The van der Waals surface area contributed by atoms with E-state index in [1.807, 2.05) is 0 Å². The molecule has 0 spiro atoms. The molecular weight excluding hydrogens is 208 g/mol. The number of carboxylic acid groups (broad SMARTS) is 1. The first-order chi connectivity index (χ1) is 7.62. The number of likely N-dealkylation sites (N-methyl/N-ethyl adjacent to an activating group) is 1. The van der Waals surface area contributed by atoms with Crippen molar-refractivity contribution in [2.75, 3.05) is 46.4 Å². The van der Waals surface area contributed by atoms with Crippen LogP contribution < -0.4 is 0 Å². The molecule has 0 amide bonds. The van der Waals surface area contributed by atoms with Gasteiger partial charge in [-0.1, -0.05) is 0 Å². The Balaban J connectivity index is 2.04. The molecule has 2 heterocycles. The summed E-state index contributed by atoms with van der Waals surface area (Å²) in [6, 6.07) is 0. The molecule has 0 radical (unpaired) electrons. The lowest BCUT2D eigenvalue weighted by molar-refractivity contribution is -0.141. The van der Waals surface area contributed by atoms with Crippen LogP contribution in [0.15, 0.2) is 0 Å². The zero-order valence-corrected chi connectivity index (χ0v) is 9.81. The fraction of sp³-hybridized carbons (Fsp3) is 0.909. The van der Waals surface area contributed by atoms with E-state index in [1.54, 1.807) is 0 Å². The van der Waals surface area contributed by atoms with E-state index < -0.39 is 5.97 Å². The van der Waals surface area contributed by atoms with Gasteiger partial charge in [-0.25, -0.2) is 0 Å². The van der Waals surface area contributed by atoms with Gasteiger partial charge in [0, 0.05) is 32.8 Å². The fourth-order valence-electron chi connectivity index (χ4n) is 2.66. The van der Waals surface area contributed by atoms with Crippen molar-refractivity contribution in [3.05, 3.63) is 0 Å². The standard InChI is InChI=1S/C11H20N2O3/c1-12-3-5-13(6-4-12)11(8-10(14)15)2-7-16-9-11/h2-9H2,1H3,(H,14,15). The second-order valence-corrected chi connectivity index (χ2v) is 4.89. The van der Waals surface area contributed by atoms with Crippen LogP contribution in [0.1, 0.15) is 12.8 Å². The molecule has 2 fully saturated rings. The first-order valence-corrected chi connectivity index (χ1v) is 5.86. The SMILES string of the molecule is CN1CCN(C2(CC(=O)O)CCOC2)CC1. The maximum atomic E-state index is 11.0. The van der Waals surface area contributed by atoms with Gasteiger partial charge in [0.2, 0.25) is 0 Å². The molecule has 0 aromatic heterocycles. The average Bonchev–Trinajstić information content (AvgIpc) is 2.67. The van der Waals surface area contributed by atoms with Gasteiger partial charge in [-0.05, 0) is 13.5 Å². The van der Waals surface area contributed by atoms with Crippen LogP contribution in [0.25, 0.3) is 0 Å². The molecule has 2 rings (SSSR count). The summed E-state index contributed by atoms with van der Waals surface area (Å²) in [6.45, 7) is 5.20. The van der Waals surface area contributed by atoms with Crippen LogP contribution in [0.3, 0.4) is 0 Å². The number of hydrogen-bond donors (Lipinski definition) is 1. The molecule has 92 valence electrons. The van der Waals surface area contributed by atoms with E-state index in [4.69, 9.17) is 9.84 Å². The summed E-state index contributed by atoms with van der Waals surface area (Å²) in [6.07, 6.45) is 1.06. The molecule has 2 aliphatic heterocycles. The number of piperazine rings is 1. The highest BCUT2D eigenvalue weighted by atomic mass is 16.5. The highest BCUT2D eigenvalue weighted by molar-refractivity contribution is 5.68. The van der Waals surface area contributed by atoms with Crippen LogP contribution >= 0.6 is 0 Å². The van der Waals surface area contributed by atoms with Gasteiger partial charge in [0.05, 0.1) is 18.6 Å². The van der Waals surface area contributed by atoms with Crippen molar-refractivity contribution in [2.45, 2.75) is 18.4 Å². The Labute approximate surface area is 96.0 Å². The third-order valence-electron chi connectivity index (χ3n) is 3.74. The predicted molar refractivity (Wildman–Crippen MR) is 59.5 cm³/mol. The first-order valence-electron chi connectivity index (χ1n) is 5.86. The molecular formula is C11H20N2O3. The van der Waals surface area contributed by atoms with E-state index >= 15 is 0 Å². The molecule has 1 atom stereocenters. The monoisotopic (exact) mass is 228 g/mol. The van der Waals surface area contributed by atoms with Gasteiger partial charge in [0.15, 0.2) is 0 Å². The van der Waals surface area contributed by atoms with Crippen molar-refractivity contribution in [2.24, 2.45) is 0 Å². The zero-order valence-electron chi connectivity index (χ0n) is 9.81. The molecule has 2 aliphatic rings. The smallest absolute Gasteiger partial charge is 0.305 e. The van der Waals surface area contributed by atoms with Crippen molar-refractivity contribution in [3.8, 4) is 0 Å². The molecule has 1 N–H and O–H groups in total. The lowest BCUT2D eigenvalue weighted by Gasteiger charge is -2.43.